The van der Waals surface area contributed by atoms with Crippen molar-refractivity contribution in [3.8, 4) is 0 Å². The summed E-state index contributed by atoms with van der Waals surface area (Å²) in [5, 5.41) is 0.650. The Bertz CT molecular complexity index is 557. The summed E-state index contributed by atoms with van der Waals surface area (Å²) >= 11 is 0. The minimum atomic E-state index is -0.654. The van der Waals surface area contributed by atoms with Gasteiger partial charge >= 0.3 is 0 Å². The van der Waals surface area contributed by atoms with Gasteiger partial charge in [-0.05, 0) is 19.1 Å². The number of hydrogen-bond donors (Lipinski definition) is 1. The van der Waals surface area contributed by atoms with E-state index in [9.17, 15) is 14.4 Å². The topological polar surface area (TPSA) is 89.7 Å². The van der Waals surface area contributed by atoms with Gasteiger partial charge in [0.25, 0.3) is 11.8 Å². The van der Waals surface area contributed by atoms with E-state index in [1.807, 2.05) is 0 Å². The summed E-state index contributed by atoms with van der Waals surface area (Å²) < 4.78 is 0. The van der Waals surface area contributed by atoms with E-state index in [1.165, 1.54) is 6.08 Å². The molecule has 0 atom stereocenters. The highest BCUT2D eigenvalue weighted by molar-refractivity contribution is 6.20. The van der Waals surface area contributed by atoms with E-state index in [0.29, 0.717) is 5.06 Å². The van der Waals surface area contributed by atoms with Crippen LogP contribution in [0.25, 0.3) is 0 Å². The van der Waals surface area contributed by atoms with Crippen molar-refractivity contribution in [1.82, 2.24) is 5.06 Å². The lowest BCUT2D eigenvalue weighted by Gasteiger charge is -2.13. The Morgan fingerprint density at radius 2 is 1.79 bits per heavy atom. The molecule has 0 unspecified atom stereocenters. The van der Waals surface area contributed by atoms with Crippen molar-refractivity contribution in [1.29, 1.82) is 0 Å². The summed E-state index contributed by atoms with van der Waals surface area (Å²) in [6, 6.07) is 6.41. The lowest BCUT2D eigenvalue weighted by atomic mass is 10.1. The Labute approximate surface area is 109 Å². The van der Waals surface area contributed by atoms with Gasteiger partial charge in [0.1, 0.15) is 6.61 Å². The van der Waals surface area contributed by atoms with Crippen LogP contribution in [0.1, 0.15) is 27.6 Å². The highest BCUT2D eigenvalue weighted by atomic mass is 16.7. The molecular weight excluding hydrogens is 248 g/mol. The van der Waals surface area contributed by atoms with E-state index in [1.54, 1.807) is 31.2 Å². The van der Waals surface area contributed by atoms with Crippen molar-refractivity contribution in [2.75, 3.05) is 6.61 Å². The maximum atomic E-state index is 11.9. The van der Waals surface area contributed by atoms with Gasteiger partial charge in [-0.1, -0.05) is 18.2 Å². The van der Waals surface area contributed by atoms with Crippen LogP contribution in [0.3, 0.4) is 0 Å². The molecule has 0 saturated carbocycles. The van der Waals surface area contributed by atoms with Crippen molar-refractivity contribution in [2.45, 2.75) is 6.92 Å². The smallest absolute Gasteiger partial charge is 0.285 e. The molecule has 98 valence electrons. The second-order valence-corrected chi connectivity index (χ2v) is 3.90. The second-order valence-electron chi connectivity index (χ2n) is 3.90. The number of allylic oxidation sites excluding steroid dienone is 1. The summed E-state index contributed by atoms with van der Waals surface area (Å²) in [7, 11) is 0. The number of primary amides is 1. The summed E-state index contributed by atoms with van der Waals surface area (Å²) in [4.78, 5) is 39.9. The van der Waals surface area contributed by atoms with Gasteiger partial charge in [-0.3, -0.25) is 19.2 Å². The molecule has 6 heteroatoms. The number of imide groups is 1. The Kier molecular flexibility index (Phi) is 3.43. The number of nitrogens with two attached hydrogens (primary N) is 1. The fourth-order valence-electron chi connectivity index (χ4n) is 1.72. The van der Waals surface area contributed by atoms with E-state index in [-0.39, 0.29) is 23.3 Å². The van der Waals surface area contributed by atoms with Crippen LogP contribution in [0.15, 0.2) is 35.9 Å². The van der Waals surface area contributed by atoms with Gasteiger partial charge < -0.3 is 5.73 Å². The molecule has 3 amide bonds. The molecule has 1 aromatic carbocycles. The van der Waals surface area contributed by atoms with E-state index in [2.05, 4.69) is 0 Å². The first-order chi connectivity index (χ1) is 9.06. The van der Waals surface area contributed by atoms with Crippen LogP contribution < -0.4 is 5.73 Å². The minimum Gasteiger partial charge on any atom is -0.366 e. The van der Waals surface area contributed by atoms with E-state index in [4.69, 9.17) is 10.6 Å². The predicted molar refractivity (Wildman–Crippen MR) is 65.8 cm³/mol. The average Bonchev–Trinajstić information content (AvgIpc) is 2.64. The molecule has 1 aliphatic heterocycles. The second kappa shape index (κ2) is 5.03. The fraction of sp³-hybridized carbons (Fsp3) is 0.154. The van der Waals surface area contributed by atoms with Gasteiger partial charge in [-0.25, -0.2) is 0 Å². The van der Waals surface area contributed by atoms with Crippen molar-refractivity contribution in [3.63, 3.8) is 0 Å². The SMILES string of the molecule is CC=C(CON1C(=O)c2ccccc2C1=O)C(N)=O. The first kappa shape index (κ1) is 13.0. The summed E-state index contributed by atoms with van der Waals surface area (Å²) in [5.41, 5.74) is 5.87. The molecule has 1 aromatic rings. The summed E-state index contributed by atoms with van der Waals surface area (Å²) in [5.74, 6) is -1.74. The van der Waals surface area contributed by atoms with Crippen LogP contribution >= 0.6 is 0 Å². The molecule has 19 heavy (non-hydrogen) atoms. The molecule has 0 aromatic heterocycles. The maximum Gasteiger partial charge on any atom is 0.285 e. The quantitative estimate of drug-likeness (QED) is 0.635. The summed E-state index contributed by atoms with van der Waals surface area (Å²) in [6.45, 7) is 1.39. The van der Waals surface area contributed by atoms with Gasteiger partial charge in [0, 0.05) is 5.57 Å². The number of hydroxylamine groups is 2. The lowest BCUT2D eigenvalue weighted by Crippen LogP contribution is -2.32. The zero-order chi connectivity index (χ0) is 14.0. The number of carbonyl (C=O) groups excluding carboxylic acids is 3. The van der Waals surface area contributed by atoms with E-state index >= 15 is 0 Å². The zero-order valence-corrected chi connectivity index (χ0v) is 10.3. The monoisotopic (exact) mass is 260 g/mol. The number of fused-ring (bicyclic) bond motifs is 1. The molecule has 1 aliphatic rings. The molecule has 2 rings (SSSR count). The van der Waals surface area contributed by atoms with Crippen LogP contribution in [-0.2, 0) is 9.63 Å². The normalized spacial score (nSPS) is 14.8. The molecule has 2 N–H and O–H groups in total. The number of amides is 3. The Balaban J connectivity index is 2.15. The first-order valence-corrected chi connectivity index (χ1v) is 5.62. The molecular formula is C13H12N2O4. The molecule has 1 heterocycles. The minimum absolute atomic E-state index is 0.191. The number of benzene rings is 1. The lowest BCUT2D eigenvalue weighted by molar-refractivity contribution is -0.118. The largest absolute Gasteiger partial charge is 0.366 e. The van der Waals surface area contributed by atoms with Crippen molar-refractivity contribution < 1.29 is 19.2 Å². The van der Waals surface area contributed by atoms with Gasteiger partial charge in [0.05, 0.1) is 11.1 Å². The highest BCUT2D eigenvalue weighted by Crippen LogP contribution is 2.22. The number of hydrogen-bond acceptors (Lipinski definition) is 4. The van der Waals surface area contributed by atoms with Gasteiger partial charge in [0.15, 0.2) is 0 Å². The molecule has 0 spiro atoms. The van der Waals surface area contributed by atoms with Crippen LogP contribution in [0, 0.1) is 0 Å². The van der Waals surface area contributed by atoms with Gasteiger partial charge in [-0.15, -0.1) is 5.06 Å². The van der Waals surface area contributed by atoms with Crippen molar-refractivity contribution >= 4 is 17.7 Å². The Hall–Kier alpha value is -2.47. The van der Waals surface area contributed by atoms with Crippen molar-refractivity contribution in [2.24, 2.45) is 5.73 Å². The van der Waals surface area contributed by atoms with Crippen LogP contribution in [0.4, 0.5) is 0 Å². The molecule has 0 aliphatic carbocycles. The standard InChI is InChI=1S/C13H12N2O4/c1-2-8(11(14)16)7-19-15-12(17)9-5-3-4-6-10(9)13(15)18/h2-6H,7H2,1H3,(H2,14,16). The Morgan fingerprint density at radius 1 is 1.26 bits per heavy atom. The van der Waals surface area contributed by atoms with Crippen LogP contribution in [0.2, 0.25) is 0 Å². The zero-order valence-electron chi connectivity index (χ0n) is 10.3. The fourth-order valence-corrected chi connectivity index (χ4v) is 1.72. The maximum absolute atomic E-state index is 11.9. The third-order valence-corrected chi connectivity index (χ3v) is 2.77. The van der Waals surface area contributed by atoms with E-state index in [0.717, 1.165) is 0 Å². The van der Waals surface area contributed by atoms with Crippen LogP contribution in [-0.4, -0.2) is 29.4 Å². The Morgan fingerprint density at radius 3 is 2.21 bits per heavy atom. The molecule has 0 fully saturated rings. The third-order valence-electron chi connectivity index (χ3n) is 2.77. The third kappa shape index (κ3) is 2.25. The number of rotatable bonds is 4. The molecule has 0 bridgehead atoms. The van der Waals surface area contributed by atoms with Crippen LogP contribution in [0.5, 0.6) is 0 Å². The molecule has 0 saturated heterocycles. The van der Waals surface area contributed by atoms with Crippen molar-refractivity contribution in [3.05, 3.63) is 47.0 Å². The predicted octanol–water partition coefficient (Wildman–Crippen LogP) is 0.646. The highest BCUT2D eigenvalue weighted by Gasteiger charge is 2.36. The van der Waals surface area contributed by atoms with Gasteiger partial charge in [-0.2, -0.15) is 0 Å². The van der Waals surface area contributed by atoms with E-state index < -0.39 is 17.7 Å². The van der Waals surface area contributed by atoms with Gasteiger partial charge in [0.2, 0.25) is 5.91 Å². The first-order valence-electron chi connectivity index (χ1n) is 5.62. The average molecular weight is 260 g/mol. The number of nitrogens with zero attached hydrogens (tertiary/aromatic N) is 1. The number of carbonyl (C=O) groups is 3. The summed E-state index contributed by atoms with van der Waals surface area (Å²) in [6.07, 6.45) is 1.47. The molecule has 0 radical (unpaired) electrons. The molecule has 6 nitrogen and oxygen atoms in total.